The number of hydrogen-bond acceptors (Lipinski definition) is 7. The van der Waals surface area contributed by atoms with Gasteiger partial charge < -0.3 is 5.32 Å². The molecule has 0 saturated carbocycles. The van der Waals surface area contributed by atoms with Crippen LogP contribution in [0.3, 0.4) is 0 Å². The number of anilines is 2. The van der Waals surface area contributed by atoms with Gasteiger partial charge >= 0.3 is 0 Å². The maximum Gasteiger partial charge on any atom is 0.211 e. The fourth-order valence-electron chi connectivity index (χ4n) is 1.48. The summed E-state index contributed by atoms with van der Waals surface area (Å²) in [6.07, 6.45) is 0. The van der Waals surface area contributed by atoms with E-state index in [1.54, 1.807) is 24.3 Å². The lowest BCUT2D eigenvalue weighted by atomic mass is 10.5. The number of thiophene rings is 1. The first-order valence-electron chi connectivity index (χ1n) is 5.36. The van der Waals surface area contributed by atoms with Gasteiger partial charge in [0.15, 0.2) is 5.01 Å². The summed E-state index contributed by atoms with van der Waals surface area (Å²) in [5, 5.41) is 15.3. The minimum Gasteiger partial charge on any atom is -0.315 e. The van der Waals surface area contributed by atoms with Gasteiger partial charge in [0, 0.05) is 6.07 Å². The second-order valence-corrected chi connectivity index (χ2v) is 5.95. The standard InChI is InChI=1S/C11H8ClN5S2/c1-6-13-8(12)5-9(14-6)15-11-17-16-10(19-11)7-3-2-4-18-7/h2-5H,1H3,(H,13,14,15,17). The number of aryl methyl sites for hydroxylation is 1. The first-order chi connectivity index (χ1) is 9.20. The van der Waals surface area contributed by atoms with Crippen molar-refractivity contribution < 1.29 is 0 Å². The highest BCUT2D eigenvalue weighted by Gasteiger charge is 2.08. The van der Waals surface area contributed by atoms with Gasteiger partial charge in [-0.1, -0.05) is 29.0 Å². The number of nitrogens with one attached hydrogen (secondary N) is 1. The van der Waals surface area contributed by atoms with Crippen LogP contribution >= 0.6 is 34.3 Å². The van der Waals surface area contributed by atoms with Gasteiger partial charge in [-0.2, -0.15) is 0 Å². The topological polar surface area (TPSA) is 63.6 Å². The van der Waals surface area contributed by atoms with Gasteiger partial charge in [0.05, 0.1) is 4.88 Å². The molecule has 96 valence electrons. The van der Waals surface area contributed by atoms with E-state index < -0.39 is 0 Å². The summed E-state index contributed by atoms with van der Waals surface area (Å²) in [4.78, 5) is 9.34. The molecule has 3 aromatic heterocycles. The van der Waals surface area contributed by atoms with Crippen molar-refractivity contribution in [2.45, 2.75) is 6.92 Å². The number of hydrogen-bond donors (Lipinski definition) is 1. The number of nitrogens with zero attached hydrogens (tertiary/aromatic N) is 4. The minimum atomic E-state index is 0.401. The van der Waals surface area contributed by atoms with Crippen molar-refractivity contribution in [3.8, 4) is 9.88 Å². The third-order valence-corrected chi connectivity index (χ3v) is 4.27. The summed E-state index contributed by atoms with van der Waals surface area (Å²) in [6.45, 7) is 1.79. The Labute approximate surface area is 122 Å². The van der Waals surface area contributed by atoms with Crippen LogP contribution in [-0.2, 0) is 0 Å². The average Bonchev–Trinajstić information content (AvgIpc) is 2.96. The second kappa shape index (κ2) is 5.20. The van der Waals surface area contributed by atoms with E-state index in [1.165, 1.54) is 11.3 Å². The lowest BCUT2D eigenvalue weighted by Crippen LogP contribution is -1.96. The van der Waals surface area contributed by atoms with Gasteiger partial charge in [-0.25, -0.2) is 9.97 Å². The van der Waals surface area contributed by atoms with Crippen LogP contribution in [0.5, 0.6) is 0 Å². The van der Waals surface area contributed by atoms with Crippen molar-refractivity contribution >= 4 is 45.2 Å². The molecule has 3 heterocycles. The van der Waals surface area contributed by atoms with Crippen molar-refractivity contribution in [2.24, 2.45) is 0 Å². The fraction of sp³-hybridized carbons (Fsp3) is 0.0909. The van der Waals surface area contributed by atoms with Crippen LogP contribution in [0.2, 0.25) is 5.15 Å². The monoisotopic (exact) mass is 309 g/mol. The normalized spacial score (nSPS) is 10.6. The SMILES string of the molecule is Cc1nc(Cl)cc(Nc2nnc(-c3cccs3)s2)n1. The van der Waals surface area contributed by atoms with Gasteiger partial charge in [0.2, 0.25) is 5.13 Å². The zero-order valence-corrected chi connectivity index (χ0v) is 12.2. The van der Waals surface area contributed by atoms with Crippen molar-refractivity contribution in [3.05, 3.63) is 34.6 Å². The van der Waals surface area contributed by atoms with E-state index in [0.717, 1.165) is 9.88 Å². The molecule has 0 amide bonds. The molecule has 0 aromatic carbocycles. The molecule has 0 fully saturated rings. The van der Waals surface area contributed by atoms with Crippen LogP contribution in [0.15, 0.2) is 23.6 Å². The maximum absolute atomic E-state index is 5.88. The van der Waals surface area contributed by atoms with Gasteiger partial charge in [-0.15, -0.1) is 21.5 Å². The summed E-state index contributed by atoms with van der Waals surface area (Å²) < 4.78 is 0. The molecule has 0 aliphatic rings. The largest absolute Gasteiger partial charge is 0.315 e. The van der Waals surface area contributed by atoms with Gasteiger partial charge in [0.1, 0.15) is 16.8 Å². The van der Waals surface area contributed by atoms with Crippen LogP contribution in [0.4, 0.5) is 10.9 Å². The third kappa shape index (κ3) is 2.89. The molecule has 1 N–H and O–H groups in total. The summed E-state index contributed by atoms with van der Waals surface area (Å²) in [6, 6.07) is 5.66. The number of aromatic nitrogens is 4. The lowest BCUT2D eigenvalue weighted by Gasteiger charge is -2.01. The Morgan fingerprint density at radius 2 is 2.16 bits per heavy atom. The Morgan fingerprint density at radius 1 is 1.26 bits per heavy atom. The minimum absolute atomic E-state index is 0.401. The molecule has 0 spiro atoms. The molecular formula is C11H8ClN5S2. The molecule has 0 aliphatic heterocycles. The quantitative estimate of drug-likeness (QED) is 0.746. The van der Waals surface area contributed by atoms with E-state index >= 15 is 0 Å². The van der Waals surface area contributed by atoms with Crippen molar-refractivity contribution in [1.29, 1.82) is 0 Å². The predicted octanol–water partition coefficient (Wildman–Crippen LogP) is 3.76. The third-order valence-electron chi connectivity index (χ3n) is 2.20. The van der Waals surface area contributed by atoms with Crippen LogP contribution in [-0.4, -0.2) is 20.2 Å². The Hall–Kier alpha value is -1.57. The van der Waals surface area contributed by atoms with Crippen LogP contribution in [0.25, 0.3) is 9.88 Å². The van der Waals surface area contributed by atoms with Crippen LogP contribution < -0.4 is 5.32 Å². The van der Waals surface area contributed by atoms with Crippen molar-refractivity contribution in [3.63, 3.8) is 0 Å². The summed E-state index contributed by atoms with van der Waals surface area (Å²) in [7, 11) is 0. The van der Waals surface area contributed by atoms with E-state index in [2.05, 4.69) is 25.5 Å². The first-order valence-corrected chi connectivity index (χ1v) is 7.44. The summed E-state index contributed by atoms with van der Waals surface area (Å²) >= 11 is 8.99. The van der Waals surface area contributed by atoms with Gasteiger partial charge in [0.25, 0.3) is 0 Å². The summed E-state index contributed by atoms with van der Waals surface area (Å²) in [5.74, 6) is 1.23. The molecule has 0 radical (unpaired) electrons. The van der Waals surface area contributed by atoms with E-state index in [0.29, 0.717) is 21.9 Å². The Balaban J connectivity index is 1.84. The zero-order valence-electron chi connectivity index (χ0n) is 9.79. The molecule has 0 bridgehead atoms. The predicted molar refractivity (Wildman–Crippen MR) is 78.3 cm³/mol. The molecule has 3 aromatic rings. The number of rotatable bonds is 3. The molecule has 0 unspecified atom stereocenters. The molecule has 19 heavy (non-hydrogen) atoms. The van der Waals surface area contributed by atoms with E-state index in [9.17, 15) is 0 Å². The summed E-state index contributed by atoms with van der Waals surface area (Å²) in [5.41, 5.74) is 0. The molecule has 0 atom stereocenters. The molecule has 0 saturated heterocycles. The maximum atomic E-state index is 5.88. The Bertz CT molecular complexity index is 675. The second-order valence-electron chi connectivity index (χ2n) is 3.64. The highest BCUT2D eigenvalue weighted by Crippen LogP contribution is 2.30. The fourth-order valence-corrected chi connectivity index (χ4v) is 3.25. The van der Waals surface area contributed by atoms with Crippen LogP contribution in [0.1, 0.15) is 5.82 Å². The Kier molecular flexibility index (Phi) is 3.41. The van der Waals surface area contributed by atoms with Gasteiger partial charge in [-0.05, 0) is 18.4 Å². The van der Waals surface area contributed by atoms with Crippen molar-refractivity contribution in [2.75, 3.05) is 5.32 Å². The molecule has 8 heteroatoms. The van der Waals surface area contributed by atoms with Gasteiger partial charge in [-0.3, -0.25) is 0 Å². The molecular weight excluding hydrogens is 302 g/mol. The molecule has 0 aliphatic carbocycles. The van der Waals surface area contributed by atoms with E-state index in [-0.39, 0.29) is 0 Å². The lowest BCUT2D eigenvalue weighted by molar-refractivity contribution is 1.05. The van der Waals surface area contributed by atoms with Crippen LogP contribution in [0, 0.1) is 6.92 Å². The van der Waals surface area contributed by atoms with E-state index in [4.69, 9.17) is 11.6 Å². The Morgan fingerprint density at radius 3 is 2.89 bits per heavy atom. The highest BCUT2D eigenvalue weighted by atomic mass is 35.5. The van der Waals surface area contributed by atoms with E-state index in [1.807, 2.05) is 17.5 Å². The molecule has 5 nitrogen and oxygen atoms in total. The highest BCUT2D eigenvalue weighted by molar-refractivity contribution is 7.22. The van der Waals surface area contributed by atoms with Crippen molar-refractivity contribution in [1.82, 2.24) is 20.2 Å². The number of halogens is 1. The molecule has 3 rings (SSSR count). The first kappa shape index (κ1) is 12.5. The smallest absolute Gasteiger partial charge is 0.211 e. The average molecular weight is 310 g/mol. The zero-order chi connectivity index (χ0) is 13.2.